The van der Waals surface area contributed by atoms with Gasteiger partial charge in [0.2, 0.25) is 0 Å². The second-order valence-corrected chi connectivity index (χ2v) is 3.56. The minimum atomic E-state index is -0.935. The smallest absolute Gasteiger partial charge is 0.330 e. The standard InChI is InChI=1S/C6H14ClN.C4H6O2/c1-3-6(8,4-2)5-7;1-3(2)4(5)6/h3-5,8H2,1-2H3;1H2,2H3,(H,5,6). The summed E-state index contributed by atoms with van der Waals surface area (Å²) in [6, 6.07) is 0. The second kappa shape index (κ2) is 7.83. The number of hydrogen-bond donors (Lipinski definition) is 2. The second-order valence-electron chi connectivity index (χ2n) is 3.29. The Kier molecular flexibility index (Phi) is 8.89. The van der Waals surface area contributed by atoms with Crippen molar-refractivity contribution >= 4 is 17.6 Å². The molecular weight excluding hydrogens is 202 g/mol. The van der Waals surface area contributed by atoms with Gasteiger partial charge < -0.3 is 10.8 Å². The highest BCUT2D eigenvalue weighted by molar-refractivity contribution is 6.18. The summed E-state index contributed by atoms with van der Waals surface area (Å²) in [5.41, 5.74) is 5.83. The summed E-state index contributed by atoms with van der Waals surface area (Å²) in [7, 11) is 0. The Hall–Kier alpha value is -0.540. The van der Waals surface area contributed by atoms with Crippen LogP contribution in [0, 0.1) is 0 Å². The Morgan fingerprint density at radius 1 is 1.50 bits per heavy atom. The van der Waals surface area contributed by atoms with Crippen LogP contribution in [0.1, 0.15) is 33.6 Å². The summed E-state index contributed by atoms with van der Waals surface area (Å²) in [4.78, 5) is 9.60. The number of halogens is 1. The molecule has 0 saturated heterocycles. The van der Waals surface area contributed by atoms with Crippen molar-refractivity contribution in [3.8, 4) is 0 Å². The van der Waals surface area contributed by atoms with E-state index in [2.05, 4.69) is 20.4 Å². The summed E-state index contributed by atoms with van der Waals surface area (Å²) in [5.74, 6) is -0.366. The lowest BCUT2D eigenvalue weighted by Crippen LogP contribution is -2.40. The highest BCUT2D eigenvalue weighted by Gasteiger charge is 2.17. The van der Waals surface area contributed by atoms with Crippen LogP contribution in [0.5, 0.6) is 0 Å². The van der Waals surface area contributed by atoms with E-state index in [9.17, 15) is 4.79 Å². The van der Waals surface area contributed by atoms with Crippen LogP contribution in [0.4, 0.5) is 0 Å². The summed E-state index contributed by atoms with van der Waals surface area (Å²) in [5, 5.41) is 7.89. The van der Waals surface area contributed by atoms with Crippen molar-refractivity contribution in [2.24, 2.45) is 5.73 Å². The summed E-state index contributed by atoms with van der Waals surface area (Å²) < 4.78 is 0. The van der Waals surface area contributed by atoms with Crippen LogP contribution in [0.2, 0.25) is 0 Å². The maximum Gasteiger partial charge on any atom is 0.330 e. The maximum atomic E-state index is 9.60. The van der Waals surface area contributed by atoms with Gasteiger partial charge in [0.25, 0.3) is 0 Å². The Labute approximate surface area is 90.9 Å². The molecular formula is C10H20ClNO2. The molecule has 0 aromatic heterocycles. The van der Waals surface area contributed by atoms with Crippen LogP contribution in [0.15, 0.2) is 12.2 Å². The molecule has 0 spiro atoms. The fraction of sp³-hybridized carbons (Fsp3) is 0.700. The molecule has 0 rings (SSSR count). The molecule has 0 unspecified atom stereocenters. The van der Waals surface area contributed by atoms with Gasteiger partial charge in [-0.3, -0.25) is 0 Å². The molecule has 0 atom stereocenters. The predicted octanol–water partition coefficient (Wildman–Crippen LogP) is 2.39. The van der Waals surface area contributed by atoms with Gasteiger partial charge in [-0.1, -0.05) is 20.4 Å². The van der Waals surface area contributed by atoms with Gasteiger partial charge in [-0.2, -0.15) is 0 Å². The zero-order chi connectivity index (χ0) is 11.8. The first-order chi connectivity index (χ1) is 6.32. The van der Waals surface area contributed by atoms with Gasteiger partial charge in [0, 0.05) is 17.0 Å². The predicted molar refractivity (Wildman–Crippen MR) is 60.7 cm³/mol. The molecule has 0 aliphatic rings. The number of aliphatic carboxylic acids is 1. The van der Waals surface area contributed by atoms with Crippen LogP contribution in [-0.4, -0.2) is 22.5 Å². The van der Waals surface area contributed by atoms with E-state index >= 15 is 0 Å². The maximum absolute atomic E-state index is 9.60. The summed E-state index contributed by atoms with van der Waals surface area (Å²) in [6.07, 6.45) is 1.93. The van der Waals surface area contributed by atoms with E-state index in [1.165, 1.54) is 6.92 Å². The number of hydrogen-bond acceptors (Lipinski definition) is 2. The fourth-order valence-electron chi connectivity index (χ4n) is 0.439. The monoisotopic (exact) mass is 221 g/mol. The SMILES string of the molecule is C=C(C)C(=O)O.CCC(N)(CC)CCl. The van der Waals surface area contributed by atoms with E-state index in [4.69, 9.17) is 22.4 Å². The van der Waals surface area contributed by atoms with Gasteiger partial charge in [-0.15, -0.1) is 11.6 Å². The molecule has 0 heterocycles. The Bertz CT molecular complexity index is 168. The van der Waals surface area contributed by atoms with Crippen molar-refractivity contribution in [2.45, 2.75) is 39.2 Å². The van der Waals surface area contributed by atoms with Crippen LogP contribution >= 0.6 is 11.6 Å². The largest absolute Gasteiger partial charge is 0.478 e. The van der Waals surface area contributed by atoms with E-state index in [0.717, 1.165) is 12.8 Å². The topological polar surface area (TPSA) is 63.3 Å². The molecule has 0 aromatic rings. The van der Waals surface area contributed by atoms with Gasteiger partial charge in [-0.25, -0.2) is 4.79 Å². The quantitative estimate of drug-likeness (QED) is 0.566. The van der Waals surface area contributed by atoms with Crippen molar-refractivity contribution in [3.63, 3.8) is 0 Å². The Balaban J connectivity index is 0. The normalized spacial score (nSPS) is 10.1. The molecule has 0 fully saturated rings. The third kappa shape index (κ3) is 8.08. The van der Waals surface area contributed by atoms with Crippen LogP contribution in [-0.2, 0) is 4.79 Å². The molecule has 0 aliphatic heterocycles. The number of carbonyl (C=O) groups is 1. The van der Waals surface area contributed by atoms with Gasteiger partial charge >= 0.3 is 5.97 Å². The van der Waals surface area contributed by atoms with Crippen molar-refractivity contribution in [3.05, 3.63) is 12.2 Å². The molecule has 0 aromatic carbocycles. The molecule has 3 N–H and O–H groups in total. The molecule has 3 nitrogen and oxygen atoms in total. The zero-order valence-electron chi connectivity index (χ0n) is 9.14. The first-order valence-corrected chi connectivity index (χ1v) is 5.10. The van der Waals surface area contributed by atoms with Crippen LogP contribution < -0.4 is 5.73 Å². The molecule has 4 heteroatoms. The highest BCUT2D eigenvalue weighted by Crippen LogP contribution is 2.11. The Morgan fingerprint density at radius 2 is 1.79 bits per heavy atom. The summed E-state index contributed by atoms with van der Waals surface area (Å²) >= 11 is 5.58. The minimum absolute atomic E-state index is 0.110. The number of nitrogens with two attached hydrogens (primary N) is 1. The third-order valence-electron chi connectivity index (χ3n) is 2.04. The van der Waals surface area contributed by atoms with Crippen molar-refractivity contribution in [1.29, 1.82) is 0 Å². The molecule has 0 amide bonds. The van der Waals surface area contributed by atoms with E-state index in [1.54, 1.807) is 0 Å². The lowest BCUT2D eigenvalue weighted by molar-refractivity contribution is -0.132. The fourth-order valence-corrected chi connectivity index (χ4v) is 0.817. The van der Waals surface area contributed by atoms with E-state index in [0.29, 0.717) is 5.88 Å². The average Bonchev–Trinajstić information content (AvgIpc) is 2.17. The van der Waals surface area contributed by atoms with Crippen molar-refractivity contribution in [2.75, 3.05) is 5.88 Å². The lowest BCUT2D eigenvalue weighted by atomic mass is 9.97. The van der Waals surface area contributed by atoms with Gasteiger partial charge in [0.15, 0.2) is 0 Å². The molecule has 0 saturated carbocycles. The zero-order valence-corrected chi connectivity index (χ0v) is 9.90. The molecule has 14 heavy (non-hydrogen) atoms. The first-order valence-electron chi connectivity index (χ1n) is 4.56. The van der Waals surface area contributed by atoms with Gasteiger partial charge in [-0.05, 0) is 19.8 Å². The number of carboxylic acid groups (broad SMARTS) is 1. The van der Waals surface area contributed by atoms with Crippen LogP contribution in [0.25, 0.3) is 0 Å². The minimum Gasteiger partial charge on any atom is -0.478 e. The molecule has 84 valence electrons. The molecule has 0 radical (unpaired) electrons. The average molecular weight is 222 g/mol. The van der Waals surface area contributed by atoms with Crippen molar-refractivity contribution in [1.82, 2.24) is 0 Å². The number of alkyl halides is 1. The van der Waals surface area contributed by atoms with Gasteiger partial charge in [0.05, 0.1) is 0 Å². The van der Waals surface area contributed by atoms with E-state index < -0.39 is 5.97 Å². The third-order valence-corrected chi connectivity index (χ3v) is 2.57. The van der Waals surface area contributed by atoms with Crippen LogP contribution in [0.3, 0.4) is 0 Å². The summed E-state index contributed by atoms with van der Waals surface area (Å²) in [6.45, 7) is 8.72. The first kappa shape index (κ1) is 15.9. The molecule has 0 aliphatic carbocycles. The highest BCUT2D eigenvalue weighted by atomic mass is 35.5. The van der Waals surface area contributed by atoms with Gasteiger partial charge in [0.1, 0.15) is 0 Å². The number of rotatable bonds is 4. The van der Waals surface area contributed by atoms with E-state index in [-0.39, 0.29) is 11.1 Å². The van der Waals surface area contributed by atoms with E-state index in [1.807, 2.05) is 0 Å². The molecule has 0 bridgehead atoms. The Morgan fingerprint density at radius 3 is 1.79 bits per heavy atom. The lowest BCUT2D eigenvalue weighted by Gasteiger charge is -2.22. The number of carboxylic acids is 1. The van der Waals surface area contributed by atoms with Crippen molar-refractivity contribution < 1.29 is 9.90 Å².